The minimum absolute atomic E-state index is 0.272. The van der Waals surface area contributed by atoms with Gasteiger partial charge in [0, 0.05) is 22.5 Å². The SMILES string of the molecule is Fc1ccc(Oc2cccc3ncccc23)c(CBr)c1. The standard InChI is InChI=1S/C16H11BrFNO/c17-10-11-9-12(18)6-7-15(11)20-16-5-1-4-14-13(16)3-2-8-19-14/h1-9H,10H2. The Hall–Kier alpha value is -1.94. The third kappa shape index (κ3) is 2.51. The van der Waals surface area contributed by atoms with Gasteiger partial charge in [0.15, 0.2) is 0 Å². The van der Waals surface area contributed by atoms with Crippen molar-refractivity contribution in [1.82, 2.24) is 4.98 Å². The monoisotopic (exact) mass is 331 g/mol. The van der Waals surface area contributed by atoms with Gasteiger partial charge in [-0.15, -0.1) is 0 Å². The van der Waals surface area contributed by atoms with Crippen LogP contribution in [0.15, 0.2) is 54.7 Å². The first-order chi connectivity index (χ1) is 9.78. The van der Waals surface area contributed by atoms with Crippen LogP contribution in [0.1, 0.15) is 5.56 Å². The van der Waals surface area contributed by atoms with Crippen LogP contribution in [0.25, 0.3) is 10.9 Å². The highest BCUT2D eigenvalue weighted by molar-refractivity contribution is 9.08. The summed E-state index contributed by atoms with van der Waals surface area (Å²) in [5.74, 6) is 1.08. The Morgan fingerprint density at radius 3 is 2.80 bits per heavy atom. The van der Waals surface area contributed by atoms with Crippen LogP contribution in [0.5, 0.6) is 11.5 Å². The van der Waals surface area contributed by atoms with Gasteiger partial charge in [-0.05, 0) is 42.5 Å². The molecule has 1 heterocycles. The van der Waals surface area contributed by atoms with Gasteiger partial charge in [-0.3, -0.25) is 4.98 Å². The molecule has 0 unspecified atom stereocenters. The fraction of sp³-hybridized carbons (Fsp3) is 0.0625. The van der Waals surface area contributed by atoms with Crippen LogP contribution < -0.4 is 4.74 Å². The summed E-state index contributed by atoms with van der Waals surface area (Å²) in [6, 6.07) is 14.0. The van der Waals surface area contributed by atoms with Gasteiger partial charge >= 0.3 is 0 Å². The summed E-state index contributed by atoms with van der Waals surface area (Å²) >= 11 is 3.35. The van der Waals surface area contributed by atoms with E-state index in [4.69, 9.17) is 4.74 Å². The Kier molecular flexibility index (Phi) is 3.65. The van der Waals surface area contributed by atoms with Crippen molar-refractivity contribution in [3.63, 3.8) is 0 Å². The number of nitrogens with zero attached hydrogens (tertiary/aromatic N) is 1. The molecule has 0 saturated heterocycles. The van der Waals surface area contributed by atoms with Crippen molar-refractivity contribution in [2.24, 2.45) is 0 Å². The smallest absolute Gasteiger partial charge is 0.136 e. The second kappa shape index (κ2) is 5.59. The summed E-state index contributed by atoms with van der Waals surface area (Å²) in [5, 5.41) is 1.46. The molecule has 0 aliphatic heterocycles. The Balaban J connectivity index is 2.05. The molecule has 2 aromatic carbocycles. The molecule has 0 spiro atoms. The Morgan fingerprint density at radius 2 is 1.95 bits per heavy atom. The summed E-state index contributed by atoms with van der Waals surface area (Å²) < 4.78 is 19.2. The van der Waals surface area contributed by atoms with E-state index in [1.807, 2.05) is 30.3 Å². The zero-order valence-electron chi connectivity index (χ0n) is 10.5. The third-order valence-electron chi connectivity index (χ3n) is 2.99. The van der Waals surface area contributed by atoms with Crippen molar-refractivity contribution in [3.05, 3.63) is 66.1 Å². The van der Waals surface area contributed by atoms with Gasteiger partial charge in [0.2, 0.25) is 0 Å². The van der Waals surface area contributed by atoms with Crippen molar-refractivity contribution in [2.75, 3.05) is 0 Å². The van der Waals surface area contributed by atoms with Gasteiger partial charge in [0.1, 0.15) is 17.3 Å². The fourth-order valence-corrected chi connectivity index (χ4v) is 2.47. The van der Waals surface area contributed by atoms with Crippen molar-refractivity contribution in [2.45, 2.75) is 5.33 Å². The second-order valence-corrected chi connectivity index (χ2v) is 4.87. The summed E-state index contributed by atoms with van der Waals surface area (Å²) in [6.45, 7) is 0. The molecule has 0 aliphatic carbocycles. The predicted molar refractivity (Wildman–Crippen MR) is 80.8 cm³/mol. The van der Waals surface area contributed by atoms with E-state index in [0.717, 1.165) is 16.5 Å². The molecule has 0 N–H and O–H groups in total. The number of alkyl halides is 1. The number of benzene rings is 2. The lowest BCUT2D eigenvalue weighted by Gasteiger charge is -2.11. The number of fused-ring (bicyclic) bond motifs is 1. The molecule has 3 aromatic rings. The number of ether oxygens (including phenoxy) is 1. The second-order valence-electron chi connectivity index (χ2n) is 4.31. The van der Waals surface area contributed by atoms with E-state index < -0.39 is 0 Å². The number of hydrogen-bond donors (Lipinski definition) is 0. The van der Waals surface area contributed by atoms with E-state index in [1.165, 1.54) is 12.1 Å². The quantitative estimate of drug-likeness (QED) is 0.626. The summed E-state index contributed by atoms with van der Waals surface area (Å²) in [4.78, 5) is 4.29. The molecule has 0 bridgehead atoms. The average Bonchev–Trinajstić information content (AvgIpc) is 2.49. The Morgan fingerprint density at radius 1 is 1.05 bits per heavy atom. The summed E-state index contributed by atoms with van der Waals surface area (Å²) in [5.41, 5.74) is 1.64. The average molecular weight is 332 g/mol. The van der Waals surface area contributed by atoms with Gasteiger partial charge < -0.3 is 4.74 Å². The number of aromatic nitrogens is 1. The molecule has 20 heavy (non-hydrogen) atoms. The van der Waals surface area contributed by atoms with Crippen LogP contribution in [0, 0.1) is 5.82 Å². The van der Waals surface area contributed by atoms with Gasteiger partial charge in [0.05, 0.1) is 5.52 Å². The molecule has 1 aromatic heterocycles. The molecule has 100 valence electrons. The lowest BCUT2D eigenvalue weighted by molar-refractivity contribution is 0.481. The molecular formula is C16H11BrFNO. The van der Waals surface area contributed by atoms with Crippen LogP contribution in [0.4, 0.5) is 4.39 Å². The lowest BCUT2D eigenvalue weighted by Crippen LogP contribution is -1.92. The first kappa shape index (κ1) is 13.1. The van der Waals surface area contributed by atoms with E-state index >= 15 is 0 Å². The van der Waals surface area contributed by atoms with Crippen LogP contribution in [-0.4, -0.2) is 4.98 Å². The lowest BCUT2D eigenvalue weighted by atomic mass is 10.2. The van der Waals surface area contributed by atoms with E-state index in [9.17, 15) is 4.39 Å². The third-order valence-corrected chi connectivity index (χ3v) is 3.60. The zero-order chi connectivity index (χ0) is 13.9. The maximum absolute atomic E-state index is 13.2. The van der Waals surface area contributed by atoms with E-state index in [0.29, 0.717) is 16.8 Å². The molecule has 4 heteroatoms. The number of halogens is 2. The van der Waals surface area contributed by atoms with Gasteiger partial charge in [-0.2, -0.15) is 0 Å². The molecule has 0 fully saturated rings. The fourth-order valence-electron chi connectivity index (χ4n) is 2.03. The van der Waals surface area contributed by atoms with Crippen LogP contribution in [0.3, 0.4) is 0 Å². The highest BCUT2D eigenvalue weighted by Gasteiger charge is 2.08. The summed E-state index contributed by atoms with van der Waals surface area (Å²) in [7, 11) is 0. The molecule has 0 aliphatic rings. The maximum atomic E-state index is 13.2. The number of rotatable bonds is 3. The van der Waals surface area contributed by atoms with Gasteiger partial charge in [0.25, 0.3) is 0 Å². The molecule has 3 rings (SSSR count). The number of pyridine rings is 1. The molecule has 0 saturated carbocycles. The molecular weight excluding hydrogens is 321 g/mol. The summed E-state index contributed by atoms with van der Waals surface area (Å²) in [6.07, 6.45) is 1.74. The van der Waals surface area contributed by atoms with Crippen molar-refractivity contribution in [3.8, 4) is 11.5 Å². The maximum Gasteiger partial charge on any atom is 0.136 e. The Labute approximate surface area is 124 Å². The highest BCUT2D eigenvalue weighted by Crippen LogP contribution is 2.32. The predicted octanol–water partition coefficient (Wildman–Crippen LogP) is 5.06. The first-order valence-corrected chi connectivity index (χ1v) is 7.26. The first-order valence-electron chi connectivity index (χ1n) is 6.14. The van der Waals surface area contributed by atoms with Crippen LogP contribution in [-0.2, 0) is 5.33 Å². The largest absolute Gasteiger partial charge is 0.456 e. The minimum Gasteiger partial charge on any atom is -0.456 e. The number of hydrogen-bond acceptors (Lipinski definition) is 2. The van der Waals surface area contributed by atoms with E-state index in [1.54, 1.807) is 12.3 Å². The van der Waals surface area contributed by atoms with Crippen molar-refractivity contribution >= 4 is 26.8 Å². The van der Waals surface area contributed by atoms with Crippen molar-refractivity contribution in [1.29, 1.82) is 0 Å². The van der Waals surface area contributed by atoms with Crippen molar-refractivity contribution < 1.29 is 9.13 Å². The zero-order valence-corrected chi connectivity index (χ0v) is 12.1. The Bertz CT molecular complexity index is 755. The topological polar surface area (TPSA) is 22.1 Å². The molecule has 0 amide bonds. The minimum atomic E-state index is -0.272. The van der Waals surface area contributed by atoms with Gasteiger partial charge in [-0.25, -0.2) is 4.39 Å². The highest BCUT2D eigenvalue weighted by atomic mass is 79.9. The van der Waals surface area contributed by atoms with E-state index in [-0.39, 0.29) is 5.82 Å². The van der Waals surface area contributed by atoms with Gasteiger partial charge in [-0.1, -0.05) is 22.0 Å². The van der Waals surface area contributed by atoms with Crippen LogP contribution >= 0.6 is 15.9 Å². The molecule has 0 radical (unpaired) electrons. The normalized spacial score (nSPS) is 10.7. The molecule has 2 nitrogen and oxygen atoms in total. The van der Waals surface area contributed by atoms with Crippen LogP contribution in [0.2, 0.25) is 0 Å². The molecule has 0 atom stereocenters. The van der Waals surface area contributed by atoms with E-state index in [2.05, 4.69) is 20.9 Å².